The van der Waals surface area contributed by atoms with E-state index in [1.54, 1.807) is 6.92 Å². The Morgan fingerprint density at radius 2 is 1.91 bits per heavy atom. The molecule has 2 N–H and O–H groups in total. The number of rotatable bonds is 5. The highest BCUT2D eigenvalue weighted by molar-refractivity contribution is 5.94. The first kappa shape index (κ1) is 16.4. The molecule has 0 atom stereocenters. The molecule has 0 radical (unpaired) electrons. The molecule has 2 rings (SSSR count). The van der Waals surface area contributed by atoms with Gasteiger partial charge >= 0.3 is 5.97 Å². The van der Waals surface area contributed by atoms with Crippen molar-refractivity contribution >= 4 is 17.6 Å². The highest BCUT2D eigenvalue weighted by Crippen LogP contribution is 2.18. The number of benzene rings is 2. The minimum atomic E-state index is -1.06. The van der Waals surface area contributed by atoms with Crippen molar-refractivity contribution in [3.05, 3.63) is 59.2 Å². The third-order valence-electron chi connectivity index (χ3n) is 2.99. The van der Waals surface area contributed by atoms with Crippen molar-refractivity contribution in [1.82, 2.24) is 0 Å². The Hall–Kier alpha value is -2.96. The lowest BCUT2D eigenvalue weighted by Crippen LogP contribution is -2.20. The number of aryl methyl sites for hydroxylation is 1. The van der Waals surface area contributed by atoms with Crippen LogP contribution in [0.4, 0.5) is 14.5 Å². The Morgan fingerprint density at radius 3 is 2.52 bits per heavy atom. The maximum Gasteiger partial charge on any atom is 0.335 e. The van der Waals surface area contributed by atoms with Crippen LogP contribution in [0.25, 0.3) is 0 Å². The molecule has 0 aliphatic carbocycles. The Morgan fingerprint density at radius 1 is 1.17 bits per heavy atom. The number of hydrogen-bond acceptors (Lipinski definition) is 3. The van der Waals surface area contributed by atoms with Crippen molar-refractivity contribution in [2.24, 2.45) is 0 Å². The summed E-state index contributed by atoms with van der Waals surface area (Å²) in [4.78, 5) is 22.6. The zero-order valence-electron chi connectivity index (χ0n) is 12.1. The van der Waals surface area contributed by atoms with E-state index in [-0.39, 0.29) is 11.3 Å². The maximum atomic E-state index is 13.3. The van der Waals surface area contributed by atoms with Gasteiger partial charge in [0.05, 0.1) is 5.56 Å². The van der Waals surface area contributed by atoms with E-state index in [0.29, 0.717) is 17.3 Å². The largest absolute Gasteiger partial charge is 0.481 e. The van der Waals surface area contributed by atoms with E-state index in [0.717, 1.165) is 12.1 Å². The summed E-state index contributed by atoms with van der Waals surface area (Å²) < 4.78 is 31.1. The number of nitrogens with one attached hydrogen (secondary N) is 1. The molecule has 0 fully saturated rings. The summed E-state index contributed by atoms with van der Waals surface area (Å²) >= 11 is 0. The highest BCUT2D eigenvalue weighted by atomic mass is 19.1. The van der Waals surface area contributed by atoms with Gasteiger partial charge in [0.2, 0.25) is 0 Å². The maximum absolute atomic E-state index is 13.3. The minimum absolute atomic E-state index is 0.132. The molecule has 2 aromatic carbocycles. The summed E-state index contributed by atoms with van der Waals surface area (Å²) in [6.45, 7) is 1.13. The van der Waals surface area contributed by atoms with Gasteiger partial charge in [-0.2, -0.15) is 0 Å². The fourth-order valence-corrected chi connectivity index (χ4v) is 1.91. The Balaban J connectivity index is 1.97. The first-order valence-electron chi connectivity index (χ1n) is 6.58. The molecular formula is C16H13F2NO4. The molecule has 0 saturated heterocycles. The molecular weight excluding hydrogens is 308 g/mol. The van der Waals surface area contributed by atoms with Crippen LogP contribution < -0.4 is 10.1 Å². The SMILES string of the molecule is Cc1cc(NC(=O)COc2ccc(F)cc2F)ccc1C(=O)O. The Bertz CT molecular complexity index is 762. The first-order valence-corrected chi connectivity index (χ1v) is 6.58. The van der Waals surface area contributed by atoms with E-state index >= 15 is 0 Å². The number of carbonyl (C=O) groups is 2. The van der Waals surface area contributed by atoms with Crippen LogP contribution >= 0.6 is 0 Å². The van der Waals surface area contributed by atoms with Crippen molar-refractivity contribution in [3.8, 4) is 5.75 Å². The quantitative estimate of drug-likeness (QED) is 0.888. The number of ether oxygens (including phenoxy) is 1. The normalized spacial score (nSPS) is 10.2. The average Bonchev–Trinajstić information content (AvgIpc) is 2.46. The van der Waals surface area contributed by atoms with Crippen LogP contribution in [0.15, 0.2) is 36.4 Å². The van der Waals surface area contributed by atoms with Gasteiger partial charge in [-0.25, -0.2) is 13.6 Å². The van der Waals surface area contributed by atoms with Crippen LogP contribution in [-0.4, -0.2) is 23.6 Å². The van der Waals surface area contributed by atoms with Crippen molar-refractivity contribution in [2.75, 3.05) is 11.9 Å². The molecule has 0 unspecified atom stereocenters. The number of carboxylic acids is 1. The lowest BCUT2D eigenvalue weighted by Gasteiger charge is -2.09. The third-order valence-corrected chi connectivity index (χ3v) is 2.99. The first-order chi connectivity index (χ1) is 10.9. The summed E-state index contributed by atoms with van der Waals surface area (Å²) in [6.07, 6.45) is 0. The lowest BCUT2D eigenvalue weighted by molar-refractivity contribution is -0.118. The average molecular weight is 321 g/mol. The second kappa shape index (κ2) is 6.87. The molecule has 1 amide bonds. The standard InChI is InChI=1S/C16H13F2NO4/c1-9-6-11(3-4-12(9)16(21)22)19-15(20)8-23-14-5-2-10(17)7-13(14)18/h2-7H,8H2,1H3,(H,19,20)(H,21,22). The second-order valence-corrected chi connectivity index (χ2v) is 4.75. The number of halogens is 2. The second-order valence-electron chi connectivity index (χ2n) is 4.75. The zero-order chi connectivity index (χ0) is 17.0. The van der Waals surface area contributed by atoms with Crippen molar-refractivity contribution in [3.63, 3.8) is 0 Å². The topological polar surface area (TPSA) is 75.6 Å². The molecule has 0 saturated carbocycles. The van der Waals surface area contributed by atoms with Crippen LogP contribution in [0, 0.1) is 18.6 Å². The molecule has 23 heavy (non-hydrogen) atoms. The summed E-state index contributed by atoms with van der Waals surface area (Å²) in [5, 5.41) is 11.4. The predicted octanol–water partition coefficient (Wildman–Crippen LogP) is 2.99. The van der Waals surface area contributed by atoms with Crippen LogP contribution in [0.5, 0.6) is 5.75 Å². The molecule has 0 bridgehead atoms. The lowest BCUT2D eigenvalue weighted by atomic mass is 10.1. The van der Waals surface area contributed by atoms with Gasteiger partial charge in [-0.3, -0.25) is 4.79 Å². The highest BCUT2D eigenvalue weighted by Gasteiger charge is 2.11. The van der Waals surface area contributed by atoms with Crippen LogP contribution in [0.3, 0.4) is 0 Å². The molecule has 0 aliphatic heterocycles. The number of anilines is 1. The number of hydrogen-bond donors (Lipinski definition) is 2. The van der Waals surface area contributed by atoms with Crippen LogP contribution in [-0.2, 0) is 4.79 Å². The van der Waals surface area contributed by atoms with Gasteiger partial charge in [-0.15, -0.1) is 0 Å². The van der Waals surface area contributed by atoms with E-state index in [1.165, 1.54) is 18.2 Å². The molecule has 0 spiro atoms. The van der Waals surface area contributed by atoms with Crippen LogP contribution in [0.1, 0.15) is 15.9 Å². The fraction of sp³-hybridized carbons (Fsp3) is 0.125. The number of amides is 1. The molecule has 0 aromatic heterocycles. The summed E-state index contributed by atoms with van der Waals surface area (Å²) in [5.74, 6) is -3.50. The Kier molecular flexibility index (Phi) is 4.90. The smallest absolute Gasteiger partial charge is 0.335 e. The van der Waals surface area contributed by atoms with E-state index in [1.807, 2.05) is 0 Å². The summed E-state index contributed by atoms with van der Waals surface area (Å²) in [7, 11) is 0. The van der Waals surface area contributed by atoms with E-state index in [2.05, 4.69) is 5.32 Å². The van der Waals surface area contributed by atoms with Crippen molar-refractivity contribution < 1.29 is 28.2 Å². The van der Waals surface area contributed by atoms with Gasteiger partial charge in [0, 0.05) is 11.8 Å². The third kappa shape index (κ3) is 4.26. The molecule has 0 aliphatic rings. The van der Waals surface area contributed by atoms with Gasteiger partial charge < -0.3 is 15.2 Å². The summed E-state index contributed by atoms with van der Waals surface area (Å²) in [5.41, 5.74) is 1.01. The van der Waals surface area contributed by atoms with Gasteiger partial charge in [0.25, 0.3) is 5.91 Å². The molecule has 120 valence electrons. The van der Waals surface area contributed by atoms with Crippen molar-refractivity contribution in [1.29, 1.82) is 0 Å². The molecule has 0 heterocycles. The van der Waals surface area contributed by atoms with Gasteiger partial charge in [0.1, 0.15) is 5.82 Å². The summed E-state index contributed by atoms with van der Waals surface area (Å²) in [6, 6.07) is 7.07. The number of carbonyl (C=O) groups excluding carboxylic acids is 1. The van der Waals surface area contributed by atoms with Gasteiger partial charge in [-0.05, 0) is 42.8 Å². The van der Waals surface area contributed by atoms with Crippen molar-refractivity contribution in [2.45, 2.75) is 6.92 Å². The van der Waals surface area contributed by atoms with E-state index in [9.17, 15) is 18.4 Å². The monoisotopic (exact) mass is 321 g/mol. The molecule has 2 aromatic rings. The number of carboxylic acid groups (broad SMARTS) is 1. The van der Waals surface area contributed by atoms with Gasteiger partial charge in [0.15, 0.2) is 18.2 Å². The zero-order valence-corrected chi connectivity index (χ0v) is 12.1. The fourth-order valence-electron chi connectivity index (χ4n) is 1.91. The van der Waals surface area contributed by atoms with E-state index in [4.69, 9.17) is 9.84 Å². The molecule has 7 heteroatoms. The van der Waals surface area contributed by atoms with Gasteiger partial charge in [-0.1, -0.05) is 0 Å². The Labute approximate surface area is 130 Å². The number of aromatic carboxylic acids is 1. The van der Waals surface area contributed by atoms with E-state index < -0.39 is 30.1 Å². The minimum Gasteiger partial charge on any atom is -0.481 e. The van der Waals surface area contributed by atoms with Crippen LogP contribution in [0.2, 0.25) is 0 Å². The molecule has 5 nitrogen and oxygen atoms in total. The predicted molar refractivity (Wildman–Crippen MR) is 78.6 cm³/mol.